The summed E-state index contributed by atoms with van der Waals surface area (Å²) in [7, 11) is 0. The van der Waals surface area contributed by atoms with Gasteiger partial charge in [-0.3, -0.25) is 9.78 Å². The Kier molecular flexibility index (Phi) is 4.20. The van der Waals surface area contributed by atoms with Gasteiger partial charge in [0.1, 0.15) is 0 Å². The van der Waals surface area contributed by atoms with Crippen molar-refractivity contribution >= 4 is 5.91 Å². The first-order valence-electron chi connectivity index (χ1n) is 7.06. The lowest BCUT2D eigenvalue weighted by Gasteiger charge is -2.33. The Bertz CT molecular complexity index is 430. The second kappa shape index (κ2) is 5.70. The molecule has 2 heterocycles. The Morgan fingerprint density at radius 1 is 1.63 bits per heavy atom. The van der Waals surface area contributed by atoms with Crippen molar-refractivity contribution in [3.63, 3.8) is 0 Å². The van der Waals surface area contributed by atoms with Gasteiger partial charge in [-0.15, -0.1) is 0 Å². The normalized spacial score (nSPS) is 22.3. The molecular formula is C15H23N3O. The molecule has 1 saturated heterocycles. The molecule has 4 heteroatoms. The largest absolute Gasteiger partial charge is 0.334 e. The van der Waals surface area contributed by atoms with Gasteiger partial charge in [-0.05, 0) is 37.8 Å². The lowest BCUT2D eigenvalue weighted by Crippen LogP contribution is -2.52. The first kappa shape index (κ1) is 14.0. The second-order valence-electron chi connectivity index (χ2n) is 5.61. The molecular weight excluding hydrogens is 238 g/mol. The SMILES string of the molecule is CCCC(C)(N)C(=O)N1CCCC1c1cccnc1. The number of carbonyl (C=O) groups excluding carboxylic acids is 1. The average molecular weight is 261 g/mol. The zero-order chi connectivity index (χ0) is 13.9. The van der Waals surface area contributed by atoms with E-state index in [4.69, 9.17) is 5.73 Å². The maximum Gasteiger partial charge on any atom is 0.242 e. The number of carbonyl (C=O) groups is 1. The van der Waals surface area contributed by atoms with Gasteiger partial charge in [0.05, 0.1) is 11.6 Å². The average Bonchev–Trinajstić information content (AvgIpc) is 2.87. The molecule has 1 aromatic rings. The Morgan fingerprint density at radius 3 is 3.05 bits per heavy atom. The van der Waals surface area contributed by atoms with Crippen LogP contribution < -0.4 is 5.73 Å². The van der Waals surface area contributed by atoms with Crippen LogP contribution in [0.2, 0.25) is 0 Å². The van der Waals surface area contributed by atoms with Crippen molar-refractivity contribution < 1.29 is 4.79 Å². The predicted molar refractivity (Wildman–Crippen MR) is 75.4 cm³/mol. The molecule has 0 spiro atoms. The standard InChI is InChI=1S/C15H23N3O/c1-3-8-15(2,16)14(19)18-10-5-7-13(18)12-6-4-9-17-11-12/h4,6,9,11,13H,3,5,7-8,10,16H2,1-2H3. The van der Waals surface area contributed by atoms with Crippen molar-refractivity contribution in [2.45, 2.75) is 51.1 Å². The van der Waals surface area contributed by atoms with Gasteiger partial charge < -0.3 is 10.6 Å². The fraction of sp³-hybridized carbons (Fsp3) is 0.600. The molecule has 1 aliphatic heterocycles. The van der Waals surface area contributed by atoms with E-state index in [2.05, 4.69) is 11.9 Å². The van der Waals surface area contributed by atoms with E-state index in [-0.39, 0.29) is 11.9 Å². The monoisotopic (exact) mass is 261 g/mol. The van der Waals surface area contributed by atoms with Gasteiger partial charge in [0.2, 0.25) is 5.91 Å². The minimum atomic E-state index is -0.750. The van der Waals surface area contributed by atoms with Gasteiger partial charge in [-0.2, -0.15) is 0 Å². The summed E-state index contributed by atoms with van der Waals surface area (Å²) in [5, 5.41) is 0. The summed E-state index contributed by atoms with van der Waals surface area (Å²) in [6.45, 7) is 4.70. The van der Waals surface area contributed by atoms with Gasteiger partial charge in [0.15, 0.2) is 0 Å². The van der Waals surface area contributed by atoms with E-state index in [1.807, 2.05) is 30.2 Å². The molecule has 0 aromatic carbocycles. The smallest absolute Gasteiger partial charge is 0.242 e. The van der Waals surface area contributed by atoms with Crippen LogP contribution in [0.4, 0.5) is 0 Å². The van der Waals surface area contributed by atoms with Gasteiger partial charge in [-0.1, -0.05) is 19.4 Å². The Labute approximate surface area is 115 Å². The van der Waals surface area contributed by atoms with E-state index in [1.165, 1.54) is 0 Å². The molecule has 1 fully saturated rings. The first-order valence-corrected chi connectivity index (χ1v) is 7.06. The summed E-state index contributed by atoms with van der Waals surface area (Å²) in [4.78, 5) is 18.7. The van der Waals surface area contributed by atoms with E-state index in [0.717, 1.165) is 37.8 Å². The number of rotatable bonds is 4. The summed E-state index contributed by atoms with van der Waals surface area (Å²) >= 11 is 0. The van der Waals surface area contributed by atoms with Crippen LogP contribution in [0, 0.1) is 0 Å². The van der Waals surface area contributed by atoms with Crippen molar-refractivity contribution in [1.29, 1.82) is 0 Å². The van der Waals surface area contributed by atoms with Crippen molar-refractivity contribution in [2.24, 2.45) is 5.73 Å². The highest BCUT2D eigenvalue weighted by Gasteiger charge is 2.38. The van der Waals surface area contributed by atoms with Gasteiger partial charge in [0.25, 0.3) is 0 Å². The fourth-order valence-corrected chi connectivity index (χ4v) is 2.88. The van der Waals surface area contributed by atoms with Crippen LogP contribution in [0.15, 0.2) is 24.5 Å². The zero-order valence-electron chi connectivity index (χ0n) is 11.8. The summed E-state index contributed by atoms with van der Waals surface area (Å²) < 4.78 is 0. The molecule has 1 aliphatic rings. The maximum absolute atomic E-state index is 12.6. The van der Waals surface area contributed by atoms with Crippen LogP contribution in [0.3, 0.4) is 0 Å². The molecule has 104 valence electrons. The van der Waals surface area contributed by atoms with Crippen LogP contribution in [0.5, 0.6) is 0 Å². The molecule has 2 unspecified atom stereocenters. The Morgan fingerprint density at radius 2 is 2.42 bits per heavy atom. The Hall–Kier alpha value is -1.42. The lowest BCUT2D eigenvalue weighted by atomic mass is 9.94. The first-order chi connectivity index (χ1) is 9.06. The highest BCUT2D eigenvalue weighted by Crippen LogP contribution is 2.33. The summed E-state index contributed by atoms with van der Waals surface area (Å²) in [5.74, 6) is 0.0701. The minimum Gasteiger partial charge on any atom is -0.334 e. The molecule has 19 heavy (non-hydrogen) atoms. The number of amides is 1. The molecule has 2 rings (SSSR count). The van der Waals surface area contributed by atoms with Crippen molar-refractivity contribution in [1.82, 2.24) is 9.88 Å². The van der Waals surface area contributed by atoms with E-state index >= 15 is 0 Å². The van der Waals surface area contributed by atoms with E-state index < -0.39 is 5.54 Å². The Balaban J connectivity index is 2.17. The molecule has 2 N–H and O–H groups in total. The number of likely N-dealkylation sites (tertiary alicyclic amines) is 1. The molecule has 2 atom stereocenters. The third-order valence-electron chi connectivity index (χ3n) is 3.84. The van der Waals surface area contributed by atoms with E-state index in [1.54, 1.807) is 6.20 Å². The third-order valence-corrected chi connectivity index (χ3v) is 3.84. The van der Waals surface area contributed by atoms with Crippen molar-refractivity contribution in [3.05, 3.63) is 30.1 Å². The van der Waals surface area contributed by atoms with E-state index in [9.17, 15) is 4.79 Å². The predicted octanol–water partition coefficient (Wildman–Crippen LogP) is 2.26. The maximum atomic E-state index is 12.6. The number of hydrogen-bond acceptors (Lipinski definition) is 3. The molecule has 1 amide bonds. The van der Waals surface area contributed by atoms with E-state index in [0.29, 0.717) is 0 Å². The number of aromatic nitrogens is 1. The fourth-order valence-electron chi connectivity index (χ4n) is 2.88. The molecule has 0 radical (unpaired) electrons. The van der Waals surface area contributed by atoms with Crippen molar-refractivity contribution in [3.8, 4) is 0 Å². The van der Waals surface area contributed by atoms with Crippen LogP contribution >= 0.6 is 0 Å². The van der Waals surface area contributed by atoms with Gasteiger partial charge in [0, 0.05) is 18.9 Å². The molecule has 1 aromatic heterocycles. The molecule has 4 nitrogen and oxygen atoms in total. The molecule has 0 bridgehead atoms. The highest BCUT2D eigenvalue weighted by atomic mass is 16.2. The quantitative estimate of drug-likeness (QED) is 0.904. The van der Waals surface area contributed by atoms with Crippen LogP contribution in [0.25, 0.3) is 0 Å². The number of pyridine rings is 1. The zero-order valence-corrected chi connectivity index (χ0v) is 11.8. The second-order valence-corrected chi connectivity index (χ2v) is 5.61. The topological polar surface area (TPSA) is 59.2 Å². The van der Waals surface area contributed by atoms with Crippen molar-refractivity contribution in [2.75, 3.05) is 6.54 Å². The van der Waals surface area contributed by atoms with Gasteiger partial charge >= 0.3 is 0 Å². The summed E-state index contributed by atoms with van der Waals surface area (Å²) in [5.41, 5.74) is 6.55. The van der Waals surface area contributed by atoms with Crippen LogP contribution in [-0.4, -0.2) is 27.9 Å². The van der Waals surface area contributed by atoms with Gasteiger partial charge in [-0.25, -0.2) is 0 Å². The number of nitrogens with two attached hydrogens (primary N) is 1. The highest BCUT2D eigenvalue weighted by molar-refractivity contribution is 5.86. The molecule has 0 saturated carbocycles. The summed E-state index contributed by atoms with van der Waals surface area (Å²) in [6, 6.07) is 4.10. The molecule has 0 aliphatic carbocycles. The summed E-state index contributed by atoms with van der Waals surface area (Å²) in [6.07, 6.45) is 7.29. The lowest BCUT2D eigenvalue weighted by molar-refractivity contribution is -0.137. The van der Waals surface area contributed by atoms with Crippen LogP contribution in [-0.2, 0) is 4.79 Å². The number of hydrogen-bond donors (Lipinski definition) is 1. The van der Waals surface area contributed by atoms with Crippen LogP contribution in [0.1, 0.15) is 51.1 Å². The third kappa shape index (κ3) is 2.95. The minimum absolute atomic E-state index is 0.0701. The number of nitrogens with zero attached hydrogens (tertiary/aromatic N) is 2.